The van der Waals surface area contributed by atoms with Crippen LogP contribution < -0.4 is 11.1 Å². The number of rotatable bonds is 2. The Balaban J connectivity index is 1.58. The zero-order chi connectivity index (χ0) is 14.8. The van der Waals surface area contributed by atoms with Crippen LogP contribution in [0.3, 0.4) is 0 Å². The molecule has 3 fully saturated rings. The van der Waals surface area contributed by atoms with Crippen molar-refractivity contribution in [3.63, 3.8) is 0 Å². The van der Waals surface area contributed by atoms with Gasteiger partial charge in [-0.15, -0.1) is 0 Å². The van der Waals surface area contributed by atoms with Crippen molar-refractivity contribution in [2.24, 2.45) is 17.6 Å². The van der Waals surface area contributed by atoms with Crippen molar-refractivity contribution in [1.82, 2.24) is 10.2 Å². The van der Waals surface area contributed by atoms with Gasteiger partial charge in [-0.25, -0.2) is 0 Å². The van der Waals surface area contributed by atoms with Crippen LogP contribution in [0.1, 0.15) is 51.4 Å². The smallest absolute Gasteiger partial charge is 0.239 e. The maximum Gasteiger partial charge on any atom is 0.239 e. The molecule has 4 unspecified atom stereocenters. The summed E-state index contributed by atoms with van der Waals surface area (Å²) in [6.07, 6.45) is 8.96. The molecule has 118 valence electrons. The molecule has 2 aliphatic heterocycles. The molecule has 5 nitrogen and oxygen atoms in total. The Morgan fingerprint density at radius 2 is 1.81 bits per heavy atom. The van der Waals surface area contributed by atoms with Gasteiger partial charge >= 0.3 is 0 Å². The molecule has 0 radical (unpaired) electrons. The average molecular weight is 293 g/mol. The van der Waals surface area contributed by atoms with Crippen molar-refractivity contribution in [1.29, 1.82) is 0 Å². The molecule has 3 N–H and O–H groups in total. The summed E-state index contributed by atoms with van der Waals surface area (Å²) in [5.74, 6) is 0.526. The van der Waals surface area contributed by atoms with E-state index in [1.165, 1.54) is 32.1 Å². The third-order valence-corrected chi connectivity index (χ3v) is 5.58. The number of piperidine rings is 2. The quantitative estimate of drug-likeness (QED) is 0.798. The summed E-state index contributed by atoms with van der Waals surface area (Å²) < 4.78 is 0. The van der Waals surface area contributed by atoms with Crippen molar-refractivity contribution < 1.29 is 9.59 Å². The maximum absolute atomic E-state index is 12.7. The fourth-order valence-corrected chi connectivity index (χ4v) is 4.32. The molecular formula is C16H27N3O2. The van der Waals surface area contributed by atoms with Gasteiger partial charge in [-0.2, -0.15) is 0 Å². The van der Waals surface area contributed by atoms with E-state index in [2.05, 4.69) is 5.32 Å². The molecule has 2 heterocycles. The molecular weight excluding hydrogens is 266 g/mol. The van der Waals surface area contributed by atoms with Crippen molar-refractivity contribution in [2.45, 2.75) is 63.5 Å². The number of primary amides is 1. The number of carbonyl (C=O) groups excluding carboxylic acids is 2. The van der Waals surface area contributed by atoms with Gasteiger partial charge in [0.25, 0.3) is 0 Å². The van der Waals surface area contributed by atoms with Crippen molar-refractivity contribution in [3.05, 3.63) is 0 Å². The summed E-state index contributed by atoms with van der Waals surface area (Å²) in [4.78, 5) is 25.9. The molecule has 21 heavy (non-hydrogen) atoms. The lowest BCUT2D eigenvalue weighted by Gasteiger charge is -2.42. The topological polar surface area (TPSA) is 75.4 Å². The second kappa shape index (κ2) is 6.34. The molecule has 2 saturated heterocycles. The van der Waals surface area contributed by atoms with Gasteiger partial charge in [0.05, 0.1) is 12.0 Å². The predicted molar refractivity (Wildman–Crippen MR) is 80.4 cm³/mol. The summed E-state index contributed by atoms with van der Waals surface area (Å²) >= 11 is 0. The van der Waals surface area contributed by atoms with E-state index < -0.39 is 0 Å². The SMILES string of the molecule is NC(=O)C1CCCN(C(=O)C2CCC3CCCCC3N2)C1. The Morgan fingerprint density at radius 1 is 1.00 bits per heavy atom. The number of hydrogen-bond donors (Lipinski definition) is 2. The molecule has 3 aliphatic rings. The normalized spacial score (nSPS) is 36.9. The van der Waals surface area contributed by atoms with Crippen LogP contribution in [-0.2, 0) is 9.59 Å². The first-order chi connectivity index (χ1) is 10.1. The van der Waals surface area contributed by atoms with Crippen LogP contribution in [0.4, 0.5) is 0 Å². The van der Waals surface area contributed by atoms with Gasteiger partial charge in [0.15, 0.2) is 0 Å². The lowest BCUT2D eigenvalue weighted by molar-refractivity contribution is -0.138. The van der Waals surface area contributed by atoms with Crippen LogP contribution >= 0.6 is 0 Å². The van der Waals surface area contributed by atoms with E-state index in [4.69, 9.17) is 5.73 Å². The third kappa shape index (κ3) is 3.23. The summed E-state index contributed by atoms with van der Waals surface area (Å²) in [6.45, 7) is 1.29. The van der Waals surface area contributed by atoms with Crippen molar-refractivity contribution in [3.8, 4) is 0 Å². The summed E-state index contributed by atoms with van der Waals surface area (Å²) in [5, 5.41) is 3.59. The number of nitrogens with zero attached hydrogens (tertiary/aromatic N) is 1. The standard InChI is InChI=1S/C16H27N3O2/c17-15(20)12-5-3-9-19(10-12)16(21)14-8-7-11-4-1-2-6-13(11)18-14/h11-14,18H,1-10H2,(H2,17,20). The number of fused-ring (bicyclic) bond motifs is 1. The number of likely N-dealkylation sites (tertiary alicyclic amines) is 1. The molecule has 0 spiro atoms. The van der Waals surface area contributed by atoms with E-state index in [1.54, 1.807) is 0 Å². The number of nitrogens with two attached hydrogens (primary N) is 1. The molecule has 3 rings (SSSR count). The first-order valence-electron chi connectivity index (χ1n) is 8.49. The summed E-state index contributed by atoms with van der Waals surface area (Å²) in [5.41, 5.74) is 5.40. The van der Waals surface area contributed by atoms with Crippen LogP contribution in [0.25, 0.3) is 0 Å². The highest BCUT2D eigenvalue weighted by Gasteiger charge is 2.37. The molecule has 0 aromatic carbocycles. The first kappa shape index (κ1) is 14.8. The Bertz CT molecular complexity index is 412. The largest absolute Gasteiger partial charge is 0.369 e. The highest BCUT2D eigenvalue weighted by atomic mass is 16.2. The lowest BCUT2D eigenvalue weighted by Crippen LogP contribution is -2.57. The number of hydrogen-bond acceptors (Lipinski definition) is 3. The van der Waals surface area contributed by atoms with Crippen molar-refractivity contribution >= 4 is 11.8 Å². The van der Waals surface area contributed by atoms with Crippen LogP contribution in [0.2, 0.25) is 0 Å². The average Bonchev–Trinajstić information content (AvgIpc) is 2.53. The van der Waals surface area contributed by atoms with Gasteiger partial charge in [0, 0.05) is 19.1 Å². The van der Waals surface area contributed by atoms with E-state index in [-0.39, 0.29) is 23.8 Å². The highest BCUT2D eigenvalue weighted by Crippen LogP contribution is 2.32. The van der Waals surface area contributed by atoms with Crippen LogP contribution in [0, 0.1) is 11.8 Å². The Morgan fingerprint density at radius 3 is 2.62 bits per heavy atom. The molecule has 5 heteroatoms. The minimum Gasteiger partial charge on any atom is -0.369 e. The zero-order valence-corrected chi connectivity index (χ0v) is 12.7. The second-order valence-corrected chi connectivity index (χ2v) is 6.97. The van der Waals surface area contributed by atoms with E-state index >= 15 is 0 Å². The Labute approximate surface area is 126 Å². The zero-order valence-electron chi connectivity index (χ0n) is 12.7. The monoisotopic (exact) mass is 293 g/mol. The van der Waals surface area contributed by atoms with Gasteiger partial charge in [-0.3, -0.25) is 9.59 Å². The minimum atomic E-state index is -0.267. The fourth-order valence-electron chi connectivity index (χ4n) is 4.32. The van der Waals surface area contributed by atoms with Crippen LogP contribution in [0.5, 0.6) is 0 Å². The van der Waals surface area contributed by atoms with E-state index in [9.17, 15) is 9.59 Å². The molecule has 2 amide bonds. The van der Waals surface area contributed by atoms with Crippen LogP contribution in [-0.4, -0.2) is 41.9 Å². The molecule has 1 saturated carbocycles. The molecule has 4 atom stereocenters. The fraction of sp³-hybridized carbons (Fsp3) is 0.875. The number of amides is 2. The minimum absolute atomic E-state index is 0.0454. The predicted octanol–water partition coefficient (Wildman–Crippen LogP) is 1.02. The molecule has 0 aromatic heterocycles. The number of carbonyl (C=O) groups is 2. The Hall–Kier alpha value is -1.10. The van der Waals surface area contributed by atoms with Gasteiger partial charge in [-0.05, 0) is 44.4 Å². The number of nitrogens with one attached hydrogen (secondary N) is 1. The maximum atomic E-state index is 12.7. The van der Waals surface area contributed by atoms with E-state index in [0.717, 1.165) is 31.7 Å². The summed E-state index contributed by atoms with van der Waals surface area (Å²) in [7, 11) is 0. The van der Waals surface area contributed by atoms with Gasteiger partial charge < -0.3 is 16.0 Å². The second-order valence-electron chi connectivity index (χ2n) is 6.97. The van der Waals surface area contributed by atoms with Gasteiger partial charge in [0.1, 0.15) is 0 Å². The van der Waals surface area contributed by atoms with Gasteiger partial charge in [-0.1, -0.05) is 12.8 Å². The van der Waals surface area contributed by atoms with Crippen molar-refractivity contribution in [2.75, 3.05) is 13.1 Å². The van der Waals surface area contributed by atoms with Gasteiger partial charge in [0.2, 0.25) is 11.8 Å². The Kier molecular flexibility index (Phi) is 4.48. The van der Waals surface area contributed by atoms with Crippen LogP contribution in [0.15, 0.2) is 0 Å². The molecule has 0 bridgehead atoms. The summed E-state index contributed by atoms with van der Waals surface area (Å²) in [6, 6.07) is 0.481. The first-order valence-corrected chi connectivity index (χ1v) is 8.49. The lowest BCUT2D eigenvalue weighted by atomic mass is 9.77. The highest BCUT2D eigenvalue weighted by molar-refractivity contribution is 5.83. The third-order valence-electron chi connectivity index (χ3n) is 5.58. The molecule has 1 aliphatic carbocycles. The molecule has 0 aromatic rings. The van der Waals surface area contributed by atoms with E-state index in [0.29, 0.717) is 12.6 Å². The van der Waals surface area contributed by atoms with E-state index in [1.807, 2.05) is 4.90 Å².